The maximum Gasteiger partial charge on any atom is 0.226 e. The lowest BCUT2D eigenvalue weighted by Crippen LogP contribution is -2.17. The Morgan fingerprint density at radius 3 is 2.12 bits per heavy atom. The zero-order valence-electron chi connectivity index (χ0n) is 14.3. The van der Waals surface area contributed by atoms with Crippen LogP contribution in [0.15, 0.2) is 48.5 Å². The zero-order chi connectivity index (χ0) is 17.4. The van der Waals surface area contributed by atoms with Crippen LogP contribution < -0.4 is 20.1 Å². The Morgan fingerprint density at radius 1 is 0.958 bits per heavy atom. The predicted octanol–water partition coefficient (Wildman–Crippen LogP) is 3.78. The third kappa shape index (κ3) is 5.50. The maximum absolute atomic E-state index is 11.6. The molecule has 0 spiro atoms. The molecule has 0 aliphatic carbocycles. The lowest BCUT2D eigenvalue weighted by atomic mass is 10.2. The van der Waals surface area contributed by atoms with E-state index in [0.717, 1.165) is 22.9 Å². The molecule has 0 heterocycles. The highest BCUT2D eigenvalue weighted by molar-refractivity contribution is 5.92. The van der Waals surface area contributed by atoms with Crippen molar-refractivity contribution in [2.24, 2.45) is 5.92 Å². The van der Waals surface area contributed by atoms with Crippen LogP contribution in [0.4, 0.5) is 11.4 Å². The van der Waals surface area contributed by atoms with Crippen LogP contribution in [0.1, 0.15) is 13.8 Å². The van der Waals surface area contributed by atoms with Crippen LogP contribution >= 0.6 is 0 Å². The van der Waals surface area contributed by atoms with Crippen molar-refractivity contribution in [2.75, 3.05) is 30.9 Å². The summed E-state index contributed by atoms with van der Waals surface area (Å²) in [7, 11) is 1.64. The molecule has 5 heteroatoms. The first-order chi connectivity index (χ1) is 11.6. The van der Waals surface area contributed by atoms with E-state index in [1.54, 1.807) is 7.11 Å². The number of anilines is 2. The van der Waals surface area contributed by atoms with Crippen LogP contribution in [0, 0.1) is 5.92 Å². The molecule has 0 saturated heterocycles. The van der Waals surface area contributed by atoms with Crippen LogP contribution in [0.2, 0.25) is 0 Å². The minimum atomic E-state index is -0.0297. The van der Waals surface area contributed by atoms with Gasteiger partial charge < -0.3 is 20.1 Å². The number of nitrogens with one attached hydrogen (secondary N) is 2. The highest BCUT2D eigenvalue weighted by Gasteiger charge is 2.06. The Hall–Kier alpha value is -2.69. The van der Waals surface area contributed by atoms with Crippen LogP contribution in [0.3, 0.4) is 0 Å². The van der Waals surface area contributed by atoms with Gasteiger partial charge in [-0.05, 0) is 48.5 Å². The molecule has 2 aromatic carbocycles. The van der Waals surface area contributed by atoms with Crippen LogP contribution in [0.5, 0.6) is 11.5 Å². The maximum atomic E-state index is 11.6. The van der Waals surface area contributed by atoms with Gasteiger partial charge in [-0.2, -0.15) is 0 Å². The molecule has 0 aromatic heterocycles. The fraction of sp³-hybridized carbons (Fsp3) is 0.316. The number of rotatable bonds is 8. The highest BCUT2D eigenvalue weighted by Crippen LogP contribution is 2.17. The summed E-state index contributed by atoms with van der Waals surface area (Å²) >= 11 is 0. The molecule has 0 atom stereocenters. The van der Waals surface area contributed by atoms with E-state index in [2.05, 4.69) is 10.6 Å². The van der Waals surface area contributed by atoms with E-state index in [0.29, 0.717) is 13.2 Å². The van der Waals surface area contributed by atoms with E-state index in [-0.39, 0.29) is 11.8 Å². The Morgan fingerprint density at radius 2 is 1.54 bits per heavy atom. The van der Waals surface area contributed by atoms with Crippen LogP contribution in [0.25, 0.3) is 0 Å². The third-order valence-electron chi connectivity index (χ3n) is 3.44. The molecule has 0 fully saturated rings. The van der Waals surface area contributed by atoms with Crippen molar-refractivity contribution < 1.29 is 14.3 Å². The average molecular weight is 328 g/mol. The number of hydrogen-bond donors (Lipinski definition) is 2. The Bertz CT molecular complexity index is 637. The molecular formula is C19H24N2O3. The minimum absolute atomic E-state index is 0.0172. The molecule has 0 aliphatic rings. The fourth-order valence-electron chi connectivity index (χ4n) is 1.99. The van der Waals surface area contributed by atoms with Crippen molar-refractivity contribution >= 4 is 17.3 Å². The summed E-state index contributed by atoms with van der Waals surface area (Å²) in [6.45, 7) is 4.98. The van der Waals surface area contributed by atoms with Crippen molar-refractivity contribution in [2.45, 2.75) is 13.8 Å². The Balaban J connectivity index is 1.73. The second-order valence-electron chi connectivity index (χ2n) is 5.67. The largest absolute Gasteiger partial charge is 0.497 e. The highest BCUT2D eigenvalue weighted by atomic mass is 16.5. The number of benzene rings is 2. The van der Waals surface area contributed by atoms with Gasteiger partial charge in [0.25, 0.3) is 0 Å². The summed E-state index contributed by atoms with van der Waals surface area (Å²) in [6, 6.07) is 15.1. The van der Waals surface area contributed by atoms with Crippen molar-refractivity contribution in [3.8, 4) is 11.5 Å². The molecule has 0 unspecified atom stereocenters. The first kappa shape index (κ1) is 17.7. The molecule has 0 bridgehead atoms. The normalized spacial score (nSPS) is 10.3. The molecule has 5 nitrogen and oxygen atoms in total. The van der Waals surface area contributed by atoms with Gasteiger partial charge in [0.15, 0.2) is 0 Å². The predicted molar refractivity (Wildman–Crippen MR) is 96.9 cm³/mol. The molecule has 1 amide bonds. The standard InChI is InChI=1S/C19H24N2O3/c1-14(2)19(22)21-16-6-4-15(5-7-16)20-12-13-24-18-10-8-17(23-3)9-11-18/h4-11,14,20H,12-13H2,1-3H3,(H,21,22). The number of carbonyl (C=O) groups excluding carboxylic acids is 1. The quantitative estimate of drug-likeness (QED) is 0.724. The molecule has 0 aliphatic heterocycles. The second-order valence-corrected chi connectivity index (χ2v) is 5.67. The summed E-state index contributed by atoms with van der Waals surface area (Å²) in [5, 5.41) is 6.14. The van der Waals surface area contributed by atoms with E-state index in [4.69, 9.17) is 9.47 Å². The molecule has 128 valence electrons. The smallest absolute Gasteiger partial charge is 0.226 e. The number of amides is 1. The number of hydrogen-bond acceptors (Lipinski definition) is 4. The van der Waals surface area contributed by atoms with Gasteiger partial charge in [-0.15, -0.1) is 0 Å². The monoisotopic (exact) mass is 328 g/mol. The van der Waals surface area contributed by atoms with Gasteiger partial charge in [0.05, 0.1) is 7.11 Å². The average Bonchev–Trinajstić information content (AvgIpc) is 2.60. The number of methoxy groups -OCH3 is 1. The van der Waals surface area contributed by atoms with Gasteiger partial charge in [-0.3, -0.25) is 4.79 Å². The molecule has 0 saturated carbocycles. The number of ether oxygens (including phenoxy) is 2. The first-order valence-corrected chi connectivity index (χ1v) is 8.00. The van der Waals surface area contributed by atoms with E-state index >= 15 is 0 Å². The van der Waals surface area contributed by atoms with Crippen molar-refractivity contribution in [1.29, 1.82) is 0 Å². The Kier molecular flexibility index (Phi) is 6.49. The lowest BCUT2D eigenvalue weighted by Gasteiger charge is -2.11. The molecule has 0 radical (unpaired) electrons. The van der Waals surface area contributed by atoms with E-state index in [1.165, 1.54) is 0 Å². The fourth-order valence-corrected chi connectivity index (χ4v) is 1.99. The van der Waals surface area contributed by atoms with Gasteiger partial charge in [-0.25, -0.2) is 0 Å². The van der Waals surface area contributed by atoms with Crippen LogP contribution in [-0.4, -0.2) is 26.2 Å². The second kappa shape index (κ2) is 8.82. The van der Waals surface area contributed by atoms with E-state index in [9.17, 15) is 4.79 Å². The van der Waals surface area contributed by atoms with Crippen LogP contribution in [-0.2, 0) is 4.79 Å². The molecule has 2 N–H and O–H groups in total. The topological polar surface area (TPSA) is 59.6 Å². The number of carbonyl (C=O) groups is 1. The molecule has 24 heavy (non-hydrogen) atoms. The van der Waals surface area contributed by atoms with E-state index in [1.807, 2.05) is 62.4 Å². The molecule has 2 rings (SSSR count). The molecular weight excluding hydrogens is 304 g/mol. The van der Waals surface area contributed by atoms with Gasteiger partial charge in [0.1, 0.15) is 18.1 Å². The summed E-state index contributed by atoms with van der Waals surface area (Å²) in [6.07, 6.45) is 0. The summed E-state index contributed by atoms with van der Waals surface area (Å²) in [5.74, 6) is 1.61. The van der Waals surface area contributed by atoms with Crippen molar-refractivity contribution in [3.05, 3.63) is 48.5 Å². The van der Waals surface area contributed by atoms with Gasteiger partial charge in [-0.1, -0.05) is 13.8 Å². The van der Waals surface area contributed by atoms with Crippen molar-refractivity contribution in [1.82, 2.24) is 0 Å². The minimum Gasteiger partial charge on any atom is -0.497 e. The summed E-state index contributed by atoms with van der Waals surface area (Å²) in [4.78, 5) is 11.6. The summed E-state index contributed by atoms with van der Waals surface area (Å²) in [5.41, 5.74) is 1.78. The lowest BCUT2D eigenvalue weighted by molar-refractivity contribution is -0.118. The molecule has 2 aromatic rings. The first-order valence-electron chi connectivity index (χ1n) is 8.00. The van der Waals surface area contributed by atoms with Gasteiger partial charge >= 0.3 is 0 Å². The van der Waals surface area contributed by atoms with Gasteiger partial charge in [0, 0.05) is 23.8 Å². The van der Waals surface area contributed by atoms with Gasteiger partial charge in [0.2, 0.25) is 5.91 Å². The third-order valence-corrected chi connectivity index (χ3v) is 3.44. The van der Waals surface area contributed by atoms with E-state index < -0.39 is 0 Å². The summed E-state index contributed by atoms with van der Waals surface area (Å²) < 4.78 is 10.8. The Labute approximate surface area is 143 Å². The van der Waals surface area contributed by atoms with Crippen molar-refractivity contribution in [3.63, 3.8) is 0 Å². The zero-order valence-corrected chi connectivity index (χ0v) is 14.3. The SMILES string of the molecule is COc1ccc(OCCNc2ccc(NC(=O)C(C)C)cc2)cc1.